The number of aromatic nitrogens is 2. The van der Waals surface area contributed by atoms with Crippen molar-refractivity contribution >= 4 is 17.6 Å². The van der Waals surface area contributed by atoms with Crippen molar-refractivity contribution in [2.75, 3.05) is 7.11 Å². The van der Waals surface area contributed by atoms with E-state index in [9.17, 15) is 4.79 Å². The van der Waals surface area contributed by atoms with Crippen LogP contribution in [0.3, 0.4) is 0 Å². The van der Waals surface area contributed by atoms with E-state index in [0.29, 0.717) is 12.8 Å². The molecule has 2 rings (SSSR count). The van der Waals surface area contributed by atoms with Crippen LogP contribution in [0.25, 0.3) is 0 Å². The predicted octanol–water partition coefficient (Wildman–Crippen LogP) is 1.79. The summed E-state index contributed by atoms with van der Waals surface area (Å²) in [5.41, 5.74) is 0.511. The van der Waals surface area contributed by atoms with Gasteiger partial charge in [0.25, 0.3) is 0 Å². The van der Waals surface area contributed by atoms with E-state index in [2.05, 4.69) is 9.97 Å². The number of ether oxygens (including phenoxy) is 1. The molecular weight excluding hydrogens is 244 g/mol. The SMILES string of the molecule is CO[C@]1(C(=O)O)C[C@H](c2cc(C)nc(Cl)n2)C1. The van der Waals surface area contributed by atoms with Gasteiger partial charge in [-0.05, 0) is 37.4 Å². The van der Waals surface area contributed by atoms with Crippen LogP contribution in [0.1, 0.15) is 30.1 Å². The van der Waals surface area contributed by atoms with Crippen LogP contribution in [0.4, 0.5) is 0 Å². The molecule has 1 heterocycles. The second kappa shape index (κ2) is 4.23. The molecule has 0 aromatic carbocycles. The normalized spacial score (nSPS) is 27.6. The molecule has 1 aliphatic carbocycles. The molecule has 1 N–H and O–H groups in total. The molecule has 1 fully saturated rings. The molecule has 0 unspecified atom stereocenters. The maximum atomic E-state index is 11.1. The fraction of sp³-hybridized carbons (Fsp3) is 0.545. The van der Waals surface area contributed by atoms with Gasteiger partial charge in [-0.15, -0.1) is 0 Å². The number of hydrogen-bond donors (Lipinski definition) is 1. The van der Waals surface area contributed by atoms with E-state index >= 15 is 0 Å². The molecule has 1 aromatic rings. The van der Waals surface area contributed by atoms with Crippen LogP contribution in [0.2, 0.25) is 5.28 Å². The molecule has 6 heteroatoms. The van der Waals surface area contributed by atoms with Gasteiger partial charge >= 0.3 is 5.97 Å². The number of halogens is 1. The molecule has 92 valence electrons. The summed E-state index contributed by atoms with van der Waals surface area (Å²) in [4.78, 5) is 19.2. The summed E-state index contributed by atoms with van der Waals surface area (Å²) in [6, 6.07) is 1.83. The van der Waals surface area contributed by atoms with E-state index in [4.69, 9.17) is 21.4 Å². The zero-order chi connectivity index (χ0) is 12.6. The summed E-state index contributed by atoms with van der Waals surface area (Å²) in [6.07, 6.45) is 0.844. The van der Waals surface area contributed by atoms with Crippen molar-refractivity contribution in [3.8, 4) is 0 Å². The zero-order valence-corrected chi connectivity index (χ0v) is 10.4. The van der Waals surface area contributed by atoms with E-state index in [0.717, 1.165) is 11.4 Å². The van der Waals surface area contributed by atoms with E-state index in [-0.39, 0.29) is 11.2 Å². The maximum absolute atomic E-state index is 11.1. The number of hydrogen-bond acceptors (Lipinski definition) is 4. The Labute approximate surface area is 104 Å². The number of methoxy groups -OCH3 is 1. The van der Waals surface area contributed by atoms with Crippen molar-refractivity contribution in [3.05, 3.63) is 22.7 Å². The first kappa shape index (κ1) is 12.3. The first-order chi connectivity index (χ1) is 7.97. The van der Waals surface area contributed by atoms with Crippen molar-refractivity contribution in [2.24, 2.45) is 0 Å². The fourth-order valence-corrected chi connectivity index (χ4v) is 2.37. The molecule has 0 spiro atoms. The second-order valence-corrected chi connectivity index (χ2v) is 4.65. The molecule has 0 radical (unpaired) electrons. The summed E-state index contributed by atoms with van der Waals surface area (Å²) in [7, 11) is 1.42. The van der Waals surface area contributed by atoms with E-state index in [1.54, 1.807) is 0 Å². The molecule has 0 atom stereocenters. The Kier molecular flexibility index (Phi) is 3.05. The standard InChI is InChI=1S/C11H13ClN2O3/c1-6-3-8(14-10(12)13-6)7-4-11(5-7,17-2)9(15)16/h3,7H,4-5H2,1-2H3,(H,15,16)/t7-,11+. The van der Waals surface area contributed by atoms with Gasteiger partial charge in [-0.3, -0.25) is 0 Å². The van der Waals surface area contributed by atoms with Crippen molar-refractivity contribution in [1.82, 2.24) is 9.97 Å². The van der Waals surface area contributed by atoms with Gasteiger partial charge in [-0.2, -0.15) is 0 Å². The largest absolute Gasteiger partial charge is 0.479 e. The van der Waals surface area contributed by atoms with Gasteiger partial charge in [0, 0.05) is 24.4 Å². The smallest absolute Gasteiger partial charge is 0.335 e. The Hall–Kier alpha value is -1.20. The zero-order valence-electron chi connectivity index (χ0n) is 9.61. The second-order valence-electron chi connectivity index (χ2n) is 4.31. The Morgan fingerprint density at radius 1 is 1.59 bits per heavy atom. The highest BCUT2D eigenvalue weighted by molar-refractivity contribution is 6.28. The molecule has 0 amide bonds. The summed E-state index contributed by atoms with van der Waals surface area (Å²) in [5.74, 6) is -0.849. The van der Waals surface area contributed by atoms with Crippen LogP contribution in [0, 0.1) is 6.92 Å². The molecule has 5 nitrogen and oxygen atoms in total. The van der Waals surface area contributed by atoms with Crippen LogP contribution in [-0.2, 0) is 9.53 Å². The molecule has 1 saturated carbocycles. The van der Waals surface area contributed by atoms with Crippen LogP contribution in [0.15, 0.2) is 6.07 Å². The number of rotatable bonds is 3. The highest BCUT2D eigenvalue weighted by Crippen LogP contribution is 2.46. The molecule has 0 saturated heterocycles. The molecule has 0 aliphatic heterocycles. The van der Waals surface area contributed by atoms with Crippen LogP contribution >= 0.6 is 11.6 Å². The Morgan fingerprint density at radius 3 is 2.71 bits per heavy atom. The minimum Gasteiger partial charge on any atom is -0.479 e. The molecule has 1 aliphatic rings. The summed E-state index contributed by atoms with van der Waals surface area (Å²) >= 11 is 5.77. The predicted molar refractivity (Wildman–Crippen MR) is 61.1 cm³/mol. The third kappa shape index (κ3) is 2.12. The van der Waals surface area contributed by atoms with Gasteiger partial charge < -0.3 is 9.84 Å². The van der Waals surface area contributed by atoms with Gasteiger partial charge in [-0.1, -0.05) is 0 Å². The maximum Gasteiger partial charge on any atom is 0.335 e. The highest BCUT2D eigenvalue weighted by atomic mass is 35.5. The van der Waals surface area contributed by atoms with E-state index in [1.165, 1.54) is 7.11 Å². The lowest BCUT2D eigenvalue weighted by atomic mass is 9.69. The molecule has 17 heavy (non-hydrogen) atoms. The number of aliphatic carboxylic acids is 1. The Bertz CT molecular complexity index is 438. The third-order valence-electron chi connectivity index (χ3n) is 3.20. The number of carboxylic acid groups (broad SMARTS) is 1. The van der Waals surface area contributed by atoms with Crippen molar-refractivity contribution in [1.29, 1.82) is 0 Å². The number of carbonyl (C=O) groups is 1. The summed E-state index contributed by atoms with van der Waals surface area (Å²) in [6.45, 7) is 1.83. The summed E-state index contributed by atoms with van der Waals surface area (Å²) in [5, 5.41) is 9.27. The minimum atomic E-state index is -1.06. The topological polar surface area (TPSA) is 72.3 Å². The van der Waals surface area contributed by atoms with Gasteiger partial charge in [0.1, 0.15) is 0 Å². The Balaban J connectivity index is 2.16. The summed E-state index contributed by atoms with van der Waals surface area (Å²) < 4.78 is 5.07. The van der Waals surface area contributed by atoms with Gasteiger partial charge in [0.15, 0.2) is 5.60 Å². The first-order valence-electron chi connectivity index (χ1n) is 5.26. The van der Waals surface area contributed by atoms with Crippen molar-refractivity contribution in [2.45, 2.75) is 31.3 Å². The lowest BCUT2D eigenvalue weighted by Gasteiger charge is -2.42. The minimum absolute atomic E-state index is 0.0743. The van der Waals surface area contributed by atoms with Gasteiger partial charge in [0.05, 0.1) is 0 Å². The van der Waals surface area contributed by atoms with E-state index in [1.807, 2.05) is 13.0 Å². The Morgan fingerprint density at radius 2 is 2.24 bits per heavy atom. The average Bonchev–Trinajstić information content (AvgIpc) is 2.14. The molecule has 1 aromatic heterocycles. The highest BCUT2D eigenvalue weighted by Gasteiger charge is 2.52. The fourth-order valence-electron chi connectivity index (χ4n) is 2.14. The monoisotopic (exact) mass is 256 g/mol. The van der Waals surface area contributed by atoms with E-state index < -0.39 is 11.6 Å². The van der Waals surface area contributed by atoms with Crippen molar-refractivity contribution < 1.29 is 14.6 Å². The number of nitrogens with zero attached hydrogens (tertiary/aromatic N) is 2. The quantitative estimate of drug-likeness (QED) is 0.835. The van der Waals surface area contributed by atoms with Crippen molar-refractivity contribution in [3.63, 3.8) is 0 Å². The average molecular weight is 257 g/mol. The lowest BCUT2D eigenvalue weighted by Crippen LogP contribution is -2.51. The molecular formula is C11H13ClN2O3. The van der Waals surface area contributed by atoms with Gasteiger partial charge in [-0.25, -0.2) is 14.8 Å². The number of aryl methyl sites for hydroxylation is 1. The molecule has 0 bridgehead atoms. The van der Waals surface area contributed by atoms with Gasteiger partial charge in [0.2, 0.25) is 5.28 Å². The first-order valence-corrected chi connectivity index (χ1v) is 5.64. The third-order valence-corrected chi connectivity index (χ3v) is 3.37. The number of carboxylic acids is 1. The van der Waals surface area contributed by atoms with Crippen LogP contribution in [-0.4, -0.2) is 33.8 Å². The lowest BCUT2D eigenvalue weighted by molar-refractivity contribution is -0.176. The van der Waals surface area contributed by atoms with Crippen LogP contribution in [0.5, 0.6) is 0 Å². The van der Waals surface area contributed by atoms with Crippen LogP contribution < -0.4 is 0 Å².